The molecule has 1 unspecified atom stereocenters. The number of anilines is 1. The minimum Gasteiger partial charge on any atom is -0.392 e. The van der Waals surface area contributed by atoms with Crippen LogP contribution in [0.15, 0.2) is 24.3 Å². The first kappa shape index (κ1) is 13.1. The van der Waals surface area contributed by atoms with Crippen LogP contribution in [0.25, 0.3) is 0 Å². The molecule has 18 heavy (non-hydrogen) atoms. The molecule has 0 saturated carbocycles. The van der Waals surface area contributed by atoms with Gasteiger partial charge in [-0.15, -0.1) is 0 Å². The van der Waals surface area contributed by atoms with E-state index in [1.54, 1.807) is 0 Å². The van der Waals surface area contributed by atoms with E-state index in [1.807, 2.05) is 31.2 Å². The SMILES string of the molecule is CCC1(C(=O)Nc2ccccc2CO)CCCN1. The molecular weight excluding hydrogens is 228 g/mol. The maximum absolute atomic E-state index is 12.4. The van der Waals surface area contributed by atoms with Crippen molar-refractivity contribution in [1.29, 1.82) is 0 Å². The molecule has 1 heterocycles. The molecule has 2 rings (SSSR count). The van der Waals surface area contributed by atoms with Crippen molar-refractivity contribution in [2.45, 2.75) is 38.3 Å². The summed E-state index contributed by atoms with van der Waals surface area (Å²) in [5, 5.41) is 15.5. The largest absolute Gasteiger partial charge is 0.392 e. The van der Waals surface area contributed by atoms with Crippen LogP contribution in [0.4, 0.5) is 5.69 Å². The first-order valence-corrected chi connectivity index (χ1v) is 6.47. The van der Waals surface area contributed by atoms with Crippen molar-refractivity contribution >= 4 is 11.6 Å². The van der Waals surface area contributed by atoms with Gasteiger partial charge in [0, 0.05) is 11.3 Å². The number of aliphatic hydroxyl groups excluding tert-OH is 1. The topological polar surface area (TPSA) is 61.4 Å². The van der Waals surface area contributed by atoms with Gasteiger partial charge >= 0.3 is 0 Å². The Morgan fingerprint density at radius 3 is 2.89 bits per heavy atom. The molecule has 0 aliphatic carbocycles. The Morgan fingerprint density at radius 2 is 2.28 bits per heavy atom. The summed E-state index contributed by atoms with van der Waals surface area (Å²) >= 11 is 0. The lowest BCUT2D eigenvalue weighted by molar-refractivity contribution is -0.122. The number of rotatable bonds is 4. The number of benzene rings is 1. The minimum atomic E-state index is -0.442. The number of aliphatic hydroxyl groups is 1. The average Bonchev–Trinajstić information content (AvgIpc) is 2.89. The third-order valence-electron chi connectivity index (χ3n) is 3.72. The van der Waals surface area contributed by atoms with E-state index >= 15 is 0 Å². The highest BCUT2D eigenvalue weighted by atomic mass is 16.3. The Hall–Kier alpha value is -1.39. The second-order valence-electron chi connectivity index (χ2n) is 4.74. The van der Waals surface area contributed by atoms with Gasteiger partial charge in [0.2, 0.25) is 5.91 Å². The van der Waals surface area contributed by atoms with E-state index in [9.17, 15) is 9.90 Å². The number of para-hydroxylation sites is 1. The third kappa shape index (κ3) is 2.40. The van der Waals surface area contributed by atoms with Crippen LogP contribution < -0.4 is 10.6 Å². The summed E-state index contributed by atoms with van der Waals surface area (Å²) in [5.41, 5.74) is 1.00. The fourth-order valence-electron chi connectivity index (χ4n) is 2.48. The fourth-order valence-corrected chi connectivity index (χ4v) is 2.48. The maximum atomic E-state index is 12.4. The smallest absolute Gasteiger partial charge is 0.244 e. The van der Waals surface area contributed by atoms with Crippen LogP contribution >= 0.6 is 0 Å². The van der Waals surface area contributed by atoms with Gasteiger partial charge in [-0.2, -0.15) is 0 Å². The predicted octanol–water partition coefficient (Wildman–Crippen LogP) is 1.65. The van der Waals surface area contributed by atoms with Crippen molar-refractivity contribution < 1.29 is 9.90 Å². The van der Waals surface area contributed by atoms with Gasteiger partial charge in [-0.05, 0) is 31.9 Å². The van der Waals surface area contributed by atoms with Crippen molar-refractivity contribution in [3.8, 4) is 0 Å². The van der Waals surface area contributed by atoms with E-state index in [-0.39, 0.29) is 12.5 Å². The summed E-state index contributed by atoms with van der Waals surface area (Å²) in [6, 6.07) is 7.35. The van der Waals surface area contributed by atoms with E-state index in [0.717, 1.165) is 31.4 Å². The lowest BCUT2D eigenvalue weighted by Gasteiger charge is -2.27. The first-order chi connectivity index (χ1) is 8.72. The highest BCUT2D eigenvalue weighted by Crippen LogP contribution is 2.25. The zero-order valence-corrected chi connectivity index (χ0v) is 10.7. The number of hydrogen-bond donors (Lipinski definition) is 3. The summed E-state index contributed by atoms with van der Waals surface area (Å²) in [6.07, 6.45) is 2.68. The number of carbonyl (C=O) groups excluding carboxylic acids is 1. The predicted molar refractivity (Wildman–Crippen MR) is 71.3 cm³/mol. The first-order valence-electron chi connectivity index (χ1n) is 6.47. The van der Waals surface area contributed by atoms with Crippen LogP contribution in [0.3, 0.4) is 0 Å². The third-order valence-corrected chi connectivity index (χ3v) is 3.72. The van der Waals surface area contributed by atoms with Gasteiger partial charge in [-0.25, -0.2) is 0 Å². The lowest BCUT2D eigenvalue weighted by atomic mass is 9.93. The van der Waals surface area contributed by atoms with E-state index < -0.39 is 5.54 Å². The van der Waals surface area contributed by atoms with Gasteiger partial charge in [-0.3, -0.25) is 4.79 Å². The summed E-state index contributed by atoms with van der Waals surface area (Å²) in [7, 11) is 0. The molecule has 0 aromatic heterocycles. The van der Waals surface area contributed by atoms with Gasteiger partial charge in [0.15, 0.2) is 0 Å². The highest BCUT2D eigenvalue weighted by molar-refractivity contribution is 5.98. The van der Waals surface area contributed by atoms with E-state index in [4.69, 9.17) is 0 Å². The second kappa shape index (κ2) is 5.50. The Balaban J connectivity index is 2.15. The molecule has 98 valence electrons. The van der Waals surface area contributed by atoms with Crippen molar-refractivity contribution in [2.75, 3.05) is 11.9 Å². The standard InChI is InChI=1S/C14H20N2O2/c1-2-14(8-5-9-15-14)13(18)16-12-7-4-3-6-11(12)10-17/h3-4,6-7,15,17H,2,5,8-10H2,1H3,(H,16,18). The molecule has 1 aromatic rings. The molecule has 4 nitrogen and oxygen atoms in total. The molecule has 4 heteroatoms. The Morgan fingerprint density at radius 1 is 1.50 bits per heavy atom. The van der Waals surface area contributed by atoms with Crippen molar-refractivity contribution in [3.63, 3.8) is 0 Å². The van der Waals surface area contributed by atoms with Gasteiger partial charge in [-0.1, -0.05) is 25.1 Å². The van der Waals surface area contributed by atoms with Crippen molar-refractivity contribution in [1.82, 2.24) is 5.32 Å². The molecule has 1 saturated heterocycles. The van der Waals surface area contributed by atoms with Gasteiger partial charge in [0.25, 0.3) is 0 Å². The Bertz CT molecular complexity index is 426. The summed E-state index contributed by atoms with van der Waals surface area (Å²) in [6.45, 7) is 2.85. The molecule has 1 atom stereocenters. The van der Waals surface area contributed by atoms with Crippen LogP contribution in [0.2, 0.25) is 0 Å². The quantitative estimate of drug-likeness (QED) is 0.759. The van der Waals surface area contributed by atoms with E-state index in [2.05, 4.69) is 10.6 Å². The van der Waals surface area contributed by atoms with Crippen LogP contribution in [-0.2, 0) is 11.4 Å². The molecule has 0 spiro atoms. The number of hydrogen-bond acceptors (Lipinski definition) is 3. The number of carbonyl (C=O) groups is 1. The lowest BCUT2D eigenvalue weighted by Crippen LogP contribution is -2.50. The summed E-state index contributed by atoms with van der Waals surface area (Å²) in [4.78, 5) is 12.4. The molecule has 3 N–H and O–H groups in total. The zero-order chi connectivity index (χ0) is 13.0. The molecule has 1 amide bonds. The van der Waals surface area contributed by atoms with Crippen molar-refractivity contribution in [3.05, 3.63) is 29.8 Å². The Kier molecular flexibility index (Phi) is 3.99. The highest BCUT2D eigenvalue weighted by Gasteiger charge is 2.39. The molecule has 1 aliphatic rings. The molecule has 0 bridgehead atoms. The van der Waals surface area contributed by atoms with Gasteiger partial charge in [0.1, 0.15) is 0 Å². The van der Waals surface area contributed by atoms with Gasteiger partial charge < -0.3 is 15.7 Å². The monoisotopic (exact) mass is 248 g/mol. The number of nitrogens with one attached hydrogen (secondary N) is 2. The van der Waals surface area contributed by atoms with Crippen molar-refractivity contribution in [2.24, 2.45) is 0 Å². The van der Waals surface area contributed by atoms with Gasteiger partial charge in [0.05, 0.1) is 12.1 Å². The molecule has 1 fully saturated rings. The minimum absolute atomic E-state index is 0.00315. The number of amides is 1. The normalized spacial score (nSPS) is 23.0. The summed E-state index contributed by atoms with van der Waals surface area (Å²) in [5.74, 6) is 0.00315. The summed E-state index contributed by atoms with van der Waals surface area (Å²) < 4.78 is 0. The second-order valence-corrected chi connectivity index (χ2v) is 4.74. The molecule has 0 radical (unpaired) electrons. The molecule has 1 aromatic carbocycles. The van der Waals surface area contributed by atoms with Crippen LogP contribution in [0.1, 0.15) is 31.7 Å². The average molecular weight is 248 g/mol. The van der Waals surface area contributed by atoms with Crippen LogP contribution in [0.5, 0.6) is 0 Å². The van der Waals surface area contributed by atoms with E-state index in [1.165, 1.54) is 0 Å². The molecule has 1 aliphatic heterocycles. The Labute approximate surface area is 107 Å². The van der Waals surface area contributed by atoms with Crippen LogP contribution in [0, 0.1) is 0 Å². The van der Waals surface area contributed by atoms with Crippen LogP contribution in [-0.4, -0.2) is 23.1 Å². The fraction of sp³-hybridized carbons (Fsp3) is 0.500. The van der Waals surface area contributed by atoms with E-state index in [0.29, 0.717) is 5.69 Å². The maximum Gasteiger partial charge on any atom is 0.244 e. The molecular formula is C14H20N2O2. The zero-order valence-electron chi connectivity index (χ0n) is 10.7.